The first-order chi connectivity index (χ1) is 15.9. The van der Waals surface area contributed by atoms with Crippen LogP contribution in [0.2, 0.25) is 0 Å². The fourth-order valence-corrected chi connectivity index (χ4v) is 7.33. The van der Waals surface area contributed by atoms with Crippen LogP contribution in [0.25, 0.3) is 11.1 Å². The van der Waals surface area contributed by atoms with E-state index in [2.05, 4.69) is 0 Å². The van der Waals surface area contributed by atoms with Gasteiger partial charge in [-0.1, -0.05) is 20.4 Å². The second-order valence-corrected chi connectivity index (χ2v) is 13.6. The average Bonchev–Trinajstić information content (AvgIpc) is 2.65. The zero-order valence-electron chi connectivity index (χ0n) is 16.5. The molecular weight excluding hydrogens is 598 g/mol. The van der Waals surface area contributed by atoms with Crippen molar-refractivity contribution in [2.75, 3.05) is 0 Å². The Morgan fingerprint density at radius 3 is 1.08 bits per heavy atom. The van der Waals surface area contributed by atoms with Gasteiger partial charge in [-0.05, 0) is 35.4 Å². The van der Waals surface area contributed by atoms with Crippen molar-refractivity contribution in [3.63, 3.8) is 0 Å². The highest BCUT2D eigenvalue weighted by Crippen LogP contribution is 2.34. The third kappa shape index (κ3) is 6.00. The van der Waals surface area contributed by atoms with Crippen LogP contribution in [0.3, 0.4) is 0 Å². The normalized spacial score (nSPS) is 14.1. The lowest BCUT2D eigenvalue weighted by Crippen LogP contribution is -2.40. The molecule has 0 unspecified atom stereocenters. The lowest BCUT2D eigenvalue weighted by molar-refractivity contribution is -0.0447. The minimum absolute atomic E-state index is 0.333. The minimum Gasteiger partial charge on any atom is -0.507 e. The SMILES string of the molecule is O=S(=O)(NS(=O)(=O)C(F)(F)F)c1cc(-c2ccc(O)c(S(=O)(=O)NS(=O)(=O)C(F)(F)F)c2)ccc1O. The number of benzene rings is 2. The minimum atomic E-state index is -6.48. The van der Waals surface area contributed by atoms with E-state index in [-0.39, 0.29) is 0 Å². The first-order valence-electron chi connectivity index (χ1n) is 8.27. The number of alkyl halides is 6. The molecule has 0 aromatic heterocycles. The highest BCUT2D eigenvalue weighted by atomic mass is 32.3. The quantitative estimate of drug-likeness (QED) is 0.329. The number of sulfonamides is 4. The van der Waals surface area contributed by atoms with Gasteiger partial charge in [-0.3, -0.25) is 0 Å². The molecule has 0 radical (unpaired) electrons. The Kier molecular flexibility index (Phi) is 7.41. The van der Waals surface area contributed by atoms with Crippen LogP contribution in [0.5, 0.6) is 11.5 Å². The fraction of sp³-hybridized carbons (Fsp3) is 0.143. The Morgan fingerprint density at radius 1 is 0.556 bits per heavy atom. The van der Waals surface area contributed by atoms with Gasteiger partial charge in [-0.25, -0.2) is 33.7 Å². The van der Waals surface area contributed by atoms with Crippen LogP contribution in [0.1, 0.15) is 0 Å². The first-order valence-corrected chi connectivity index (χ1v) is 14.2. The highest BCUT2D eigenvalue weighted by Gasteiger charge is 2.49. The number of aromatic hydroxyl groups is 2. The van der Waals surface area contributed by atoms with Gasteiger partial charge in [0.1, 0.15) is 21.3 Å². The summed E-state index contributed by atoms with van der Waals surface area (Å²) in [5, 5.41) is 19.5. The second kappa shape index (κ2) is 9.02. The van der Waals surface area contributed by atoms with Crippen molar-refractivity contribution in [2.45, 2.75) is 20.8 Å². The van der Waals surface area contributed by atoms with Crippen molar-refractivity contribution in [3.05, 3.63) is 36.4 Å². The molecule has 0 aliphatic rings. The van der Waals surface area contributed by atoms with Crippen LogP contribution < -0.4 is 8.25 Å². The molecule has 2 aromatic rings. The lowest BCUT2D eigenvalue weighted by Gasteiger charge is -2.14. The van der Waals surface area contributed by atoms with Gasteiger partial charge in [0, 0.05) is 0 Å². The Hall–Kier alpha value is -2.66. The van der Waals surface area contributed by atoms with Gasteiger partial charge in [0.25, 0.3) is 20.0 Å². The summed E-state index contributed by atoms with van der Waals surface area (Å²) in [6.07, 6.45) is 0. The molecule has 0 aliphatic carbocycles. The van der Waals surface area contributed by atoms with E-state index in [9.17, 15) is 70.2 Å². The van der Waals surface area contributed by atoms with Gasteiger partial charge in [-0.2, -0.15) is 26.3 Å². The van der Waals surface area contributed by atoms with Crippen molar-refractivity contribution >= 4 is 40.1 Å². The van der Waals surface area contributed by atoms with Gasteiger partial charge in [0.05, 0.1) is 0 Å². The van der Waals surface area contributed by atoms with Crippen LogP contribution in [0.15, 0.2) is 46.2 Å². The lowest BCUT2D eigenvalue weighted by atomic mass is 10.1. The molecule has 2 rings (SSSR count). The Labute approximate surface area is 198 Å². The molecule has 0 atom stereocenters. The second-order valence-electron chi connectivity index (χ2n) is 6.44. The molecule has 36 heavy (non-hydrogen) atoms. The molecule has 0 saturated heterocycles. The number of phenols is 2. The summed E-state index contributed by atoms with van der Waals surface area (Å²) in [4.78, 5) is -2.91. The number of hydrogen-bond acceptors (Lipinski definition) is 10. The summed E-state index contributed by atoms with van der Waals surface area (Å²) in [7, 11) is -24.2. The van der Waals surface area contributed by atoms with Crippen LogP contribution in [0, 0.1) is 0 Å². The molecule has 0 saturated carbocycles. The molecule has 0 heterocycles. The predicted molar refractivity (Wildman–Crippen MR) is 106 cm³/mol. The maximum atomic E-state index is 12.5. The van der Waals surface area contributed by atoms with E-state index in [4.69, 9.17) is 0 Å². The molecule has 0 aliphatic heterocycles. The molecule has 22 heteroatoms. The van der Waals surface area contributed by atoms with E-state index in [1.165, 1.54) is 0 Å². The highest BCUT2D eigenvalue weighted by molar-refractivity contribution is 8.05. The Balaban J connectivity index is 2.63. The number of nitrogens with one attached hydrogen (secondary N) is 2. The molecule has 12 nitrogen and oxygen atoms in total. The van der Waals surface area contributed by atoms with E-state index in [0.29, 0.717) is 32.5 Å². The smallest absolute Gasteiger partial charge is 0.507 e. The van der Waals surface area contributed by atoms with Gasteiger partial charge in [-0.15, -0.1) is 0 Å². The molecule has 0 amide bonds. The summed E-state index contributed by atoms with van der Waals surface area (Å²) in [5.74, 6) is -2.54. The Morgan fingerprint density at radius 2 is 0.833 bits per heavy atom. The largest absolute Gasteiger partial charge is 0.512 e. The van der Waals surface area contributed by atoms with Crippen LogP contribution >= 0.6 is 0 Å². The predicted octanol–water partition coefficient (Wildman–Crippen LogP) is 1.02. The molecule has 4 N–H and O–H groups in total. The van der Waals surface area contributed by atoms with E-state index >= 15 is 0 Å². The molecule has 0 spiro atoms. The van der Waals surface area contributed by atoms with Crippen molar-refractivity contribution < 1.29 is 70.2 Å². The van der Waals surface area contributed by atoms with Gasteiger partial charge in [0.15, 0.2) is 0 Å². The van der Waals surface area contributed by atoms with Crippen molar-refractivity contribution in [2.24, 2.45) is 0 Å². The summed E-state index contributed by atoms with van der Waals surface area (Å²) >= 11 is 0. The van der Waals surface area contributed by atoms with E-state index in [1.54, 1.807) is 0 Å². The number of phenolic OH excluding ortho intramolecular Hbond substituents is 2. The monoisotopic (exact) mass is 608 g/mol. The summed E-state index contributed by atoms with van der Waals surface area (Å²) < 4.78 is 169. The van der Waals surface area contributed by atoms with Crippen LogP contribution in [-0.4, -0.2) is 54.9 Å². The zero-order valence-corrected chi connectivity index (χ0v) is 19.8. The number of halogens is 6. The van der Waals surface area contributed by atoms with Crippen molar-refractivity contribution in [1.82, 2.24) is 8.25 Å². The maximum absolute atomic E-state index is 12.5. The topological polar surface area (TPSA) is 201 Å². The van der Waals surface area contributed by atoms with E-state index in [0.717, 1.165) is 12.1 Å². The van der Waals surface area contributed by atoms with Crippen molar-refractivity contribution in [3.8, 4) is 22.6 Å². The van der Waals surface area contributed by atoms with Crippen molar-refractivity contribution in [1.29, 1.82) is 0 Å². The zero-order chi connectivity index (χ0) is 28.1. The summed E-state index contributed by atoms with van der Waals surface area (Å²) in [6, 6.07) is 3.39. The van der Waals surface area contributed by atoms with Gasteiger partial charge < -0.3 is 10.2 Å². The molecule has 2 aromatic carbocycles. The van der Waals surface area contributed by atoms with E-state index in [1.807, 2.05) is 0 Å². The molecule has 0 bridgehead atoms. The van der Waals surface area contributed by atoms with Crippen LogP contribution in [-0.2, 0) is 40.1 Å². The van der Waals surface area contributed by atoms with Gasteiger partial charge >= 0.3 is 31.1 Å². The third-order valence-electron chi connectivity index (χ3n) is 3.88. The molecule has 202 valence electrons. The molecular formula is C14H10F6N2O10S4. The average molecular weight is 608 g/mol. The van der Waals surface area contributed by atoms with Gasteiger partial charge in [0.2, 0.25) is 0 Å². The summed E-state index contributed by atoms with van der Waals surface area (Å²) in [5.41, 5.74) is -13.1. The fourth-order valence-electron chi connectivity index (χ4n) is 2.29. The standard InChI is InChI=1S/C14H10F6N2O10S4/c15-13(16,17)35(29,30)21-33(25,26)11-5-7(1-3-9(11)23)8-2-4-10(24)12(6-8)34(27,28)22-36(31,32)14(18,19)20/h1-6,21-24H. The first kappa shape index (κ1) is 29.6. The number of hydrogen-bond donors (Lipinski definition) is 4. The van der Waals surface area contributed by atoms with Crippen LogP contribution in [0.4, 0.5) is 26.3 Å². The maximum Gasteiger partial charge on any atom is 0.512 e. The summed E-state index contributed by atoms with van der Waals surface area (Å²) in [6.45, 7) is 0. The number of rotatable bonds is 7. The molecule has 0 fully saturated rings. The van der Waals surface area contributed by atoms with E-state index < -0.39 is 83.5 Å². The third-order valence-corrected chi connectivity index (χ3v) is 10.4. The Bertz CT molecular complexity index is 1510.